The Bertz CT molecular complexity index is 1030. The molecule has 2 aromatic rings. The number of nitrogens with zero attached hydrogens (tertiary/aromatic N) is 1. The maximum absolute atomic E-state index is 13.2. The van der Waals surface area contributed by atoms with E-state index in [1.807, 2.05) is 41.4 Å². The molecule has 0 spiro atoms. The first kappa shape index (κ1) is 17.0. The molecule has 28 heavy (non-hydrogen) atoms. The van der Waals surface area contributed by atoms with Gasteiger partial charge in [0.15, 0.2) is 0 Å². The van der Waals surface area contributed by atoms with Gasteiger partial charge in [0.2, 0.25) is 17.7 Å². The summed E-state index contributed by atoms with van der Waals surface area (Å²) in [6.45, 7) is 0. The predicted octanol–water partition coefficient (Wildman–Crippen LogP) is 2.58. The van der Waals surface area contributed by atoms with E-state index in [2.05, 4.69) is 10.6 Å². The van der Waals surface area contributed by atoms with Gasteiger partial charge in [-0.15, -0.1) is 0 Å². The number of hydrogen-bond donors (Lipinski definition) is 2. The van der Waals surface area contributed by atoms with Crippen LogP contribution in [0.15, 0.2) is 54.7 Å². The lowest BCUT2D eigenvalue weighted by molar-refractivity contribution is -0.130. The number of anilines is 1. The van der Waals surface area contributed by atoms with E-state index in [1.54, 1.807) is 24.3 Å². The summed E-state index contributed by atoms with van der Waals surface area (Å²) in [5, 5.41) is 5.83. The van der Waals surface area contributed by atoms with E-state index in [0.29, 0.717) is 10.7 Å². The second kappa shape index (κ2) is 6.21. The third-order valence-corrected chi connectivity index (χ3v) is 5.93. The molecule has 4 atom stereocenters. The number of imide groups is 1. The minimum atomic E-state index is -0.776. The topological polar surface area (TPSA) is 78.5 Å². The van der Waals surface area contributed by atoms with Gasteiger partial charge in [-0.25, -0.2) is 0 Å². The number of nitrogens with one attached hydrogen (secondary N) is 2. The van der Waals surface area contributed by atoms with Crippen molar-refractivity contribution in [3.05, 3.63) is 70.9 Å². The Morgan fingerprint density at radius 2 is 1.71 bits per heavy atom. The van der Waals surface area contributed by atoms with Gasteiger partial charge in [0.1, 0.15) is 6.04 Å². The fourth-order valence-electron chi connectivity index (χ4n) is 4.52. The molecule has 0 unspecified atom stereocenters. The van der Waals surface area contributed by atoms with Crippen LogP contribution in [0.2, 0.25) is 5.02 Å². The number of fused-ring (bicyclic) bond motifs is 5. The van der Waals surface area contributed by atoms with E-state index in [1.165, 1.54) is 0 Å². The molecule has 2 fully saturated rings. The van der Waals surface area contributed by atoms with Crippen LogP contribution in [-0.2, 0) is 14.4 Å². The fourth-order valence-corrected chi connectivity index (χ4v) is 4.65. The third kappa shape index (κ3) is 2.45. The summed E-state index contributed by atoms with van der Waals surface area (Å²) < 4.78 is 0. The average Bonchev–Trinajstić information content (AvgIpc) is 3.19. The zero-order valence-electron chi connectivity index (χ0n) is 14.6. The van der Waals surface area contributed by atoms with Gasteiger partial charge in [-0.1, -0.05) is 35.9 Å². The molecule has 3 heterocycles. The van der Waals surface area contributed by atoms with Crippen LogP contribution in [0.5, 0.6) is 0 Å². The summed E-state index contributed by atoms with van der Waals surface area (Å²) in [5.74, 6) is -2.38. The van der Waals surface area contributed by atoms with Gasteiger partial charge in [-0.05, 0) is 41.5 Å². The number of carbonyl (C=O) groups excluding carboxylic acids is 3. The van der Waals surface area contributed by atoms with Crippen LogP contribution in [0.1, 0.15) is 17.2 Å². The molecule has 0 bridgehead atoms. The molecule has 0 radical (unpaired) electrons. The highest BCUT2D eigenvalue weighted by molar-refractivity contribution is 6.30. The minimum absolute atomic E-state index is 0.322. The van der Waals surface area contributed by atoms with Crippen molar-refractivity contribution in [2.45, 2.75) is 12.1 Å². The van der Waals surface area contributed by atoms with E-state index >= 15 is 0 Å². The van der Waals surface area contributed by atoms with Crippen molar-refractivity contribution < 1.29 is 14.4 Å². The normalized spacial score (nSPS) is 27.1. The largest absolute Gasteiger partial charge is 0.357 e. The number of halogens is 1. The summed E-state index contributed by atoms with van der Waals surface area (Å²) in [7, 11) is 0. The second-order valence-corrected chi connectivity index (χ2v) is 7.62. The highest BCUT2D eigenvalue weighted by atomic mass is 35.5. The summed E-state index contributed by atoms with van der Waals surface area (Å²) in [4.78, 5) is 40.1. The van der Waals surface area contributed by atoms with Crippen LogP contribution in [0, 0.1) is 11.8 Å². The van der Waals surface area contributed by atoms with Gasteiger partial charge in [0.05, 0.1) is 17.9 Å². The molecule has 2 aromatic carbocycles. The lowest BCUT2D eigenvalue weighted by Crippen LogP contribution is -2.45. The Kier molecular flexibility index (Phi) is 3.77. The zero-order chi connectivity index (χ0) is 19.4. The van der Waals surface area contributed by atoms with Crippen molar-refractivity contribution in [3.63, 3.8) is 0 Å². The van der Waals surface area contributed by atoms with Crippen LogP contribution >= 0.6 is 11.6 Å². The summed E-state index contributed by atoms with van der Waals surface area (Å²) in [6, 6.07) is 13.4. The number of rotatable bonds is 2. The lowest BCUT2D eigenvalue weighted by atomic mass is 9.84. The highest BCUT2D eigenvalue weighted by Gasteiger charge is 2.61. The Hall–Kier alpha value is -3.12. The first-order valence-electron chi connectivity index (χ1n) is 9.00. The quantitative estimate of drug-likeness (QED) is 0.769. The second-order valence-electron chi connectivity index (χ2n) is 7.18. The molecule has 5 rings (SSSR count). The third-order valence-electron chi connectivity index (χ3n) is 5.68. The van der Waals surface area contributed by atoms with Crippen LogP contribution in [0.3, 0.4) is 0 Å². The number of hydrogen-bond acceptors (Lipinski definition) is 4. The van der Waals surface area contributed by atoms with Gasteiger partial charge in [0.25, 0.3) is 0 Å². The van der Waals surface area contributed by atoms with Crippen LogP contribution in [0.4, 0.5) is 5.69 Å². The van der Waals surface area contributed by atoms with E-state index < -0.39 is 23.8 Å². The van der Waals surface area contributed by atoms with Crippen molar-refractivity contribution in [1.29, 1.82) is 0 Å². The van der Waals surface area contributed by atoms with E-state index in [0.717, 1.165) is 11.1 Å². The standard InChI is InChI=1S/C21H16ClN3O3/c22-12-5-7-13(8-6-12)23-21(28)18-16-15(19(26)24-20(16)27)17-14-4-2-1-3-11(14)9-10-25(17)18/h1-10,15-18H,(H,23,28)(H,24,26,27)/t15-,16+,17-,18+/m0/s1. The number of amides is 3. The molecule has 2 N–H and O–H groups in total. The molecular weight excluding hydrogens is 378 g/mol. The Morgan fingerprint density at radius 1 is 1.00 bits per heavy atom. The monoisotopic (exact) mass is 393 g/mol. The summed E-state index contributed by atoms with van der Waals surface area (Å²) in [5.41, 5.74) is 2.53. The molecule has 3 aliphatic heterocycles. The van der Waals surface area contributed by atoms with Gasteiger partial charge in [-0.2, -0.15) is 0 Å². The fraction of sp³-hybridized carbons (Fsp3) is 0.190. The Balaban J connectivity index is 1.54. The van der Waals surface area contributed by atoms with Gasteiger partial charge in [-0.3, -0.25) is 19.7 Å². The molecule has 2 saturated heterocycles. The van der Waals surface area contributed by atoms with Crippen molar-refractivity contribution in [2.24, 2.45) is 11.8 Å². The van der Waals surface area contributed by atoms with Crippen molar-refractivity contribution in [2.75, 3.05) is 5.32 Å². The zero-order valence-corrected chi connectivity index (χ0v) is 15.4. The van der Waals surface area contributed by atoms with Crippen molar-refractivity contribution >= 4 is 41.1 Å². The molecule has 7 heteroatoms. The average molecular weight is 394 g/mol. The van der Waals surface area contributed by atoms with E-state index in [-0.39, 0.29) is 17.9 Å². The lowest BCUT2D eigenvalue weighted by Gasteiger charge is -2.34. The number of carbonyl (C=O) groups is 3. The van der Waals surface area contributed by atoms with Gasteiger partial charge >= 0.3 is 0 Å². The highest BCUT2D eigenvalue weighted by Crippen LogP contribution is 2.50. The molecule has 140 valence electrons. The van der Waals surface area contributed by atoms with Crippen LogP contribution in [0.25, 0.3) is 6.08 Å². The van der Waals surface area contributed by atoms with E-state index in [9.17, 15) is 14.4 Å². The molecule has 3 aliphatic rings. The summed E-state index contributed by atoms with van der Waals surface area (Å²) in [6.07, 6.45) is 3.73. The Labute approximate surface area is 166 Å². The molecule has 3 amide bonds. The predicted molar refractivity (Wildman–Crippen MR) is 104 cm³/mol. The summed E-state index contributed by atoms with van der Waals surface area (Å²) >= 11 is 5.90. The van der Waals surface area contributed by atoms with Crippen molar-refractivity contribution in [3.8, 4) is 0 Å². The first-order chi connectivity index (χ1) is 13.5. The smallest absolute Gasteiger partial charge is 0.247 e. The maximum atomic E-state index is 13.2. The minimum Gasteiger partial charge on any atom is -0.357 e. The molecule has 6 nitrogen and oxygen atoms in total. The van der Waals surface area contributed by atoms with Gasteiger partial charge in [0, 0.05) is 16.9 Å². The van der Waals surface area contributed by atoms with Crippen molar-refractivity contribution in [1.82, 2.24) is 10.2 Å². The van der Waals surface area contributed by atoms with Gasteiger partial charge < -0.3 is 10.2 Å². The Morgan fingerprint density at radius 3 is 2.50 bits per heavy atom. The molecule has 0 aromatic heterocycles. The maximum Gasteiger partial charge on any atom is 0.247 e. The molecular formula is C21H16ClN3O3. The molecule has 0 saturated carbocycles. The number of benzene rings is 2. The SMILES string of the molecule is O=C1NC(=O)[C@H]2[C@@H]1[C@H](C(=O)Nc1ccc(Cl)cc1)N1C=Cc3ccccc3[C@@H]21. The van der Waals surface area contributed by atoms with Crippen LogP contribution < -0.4 is 10.6 Å². The molecule has 0 aliphatic carbocycles. The van der Waals surface area contributed by atoms with Crippen LogP contribution in [-0.4, -0.2) is 28.7 Å². The first-order valence-corrected chi connectivity index (χ1v) is 9.38. The van der Waals surface area contributed by atoms with E-state index in [4.69, 9.17) is 11.6 Å².